The highest BCUT2D eigenvalue weighted by Gasteiger charge is 2.15. The molecule has 0 fully saturated rings. The first-order chi connectivity index (χ1) is 6.49. The van der Waals surface area contributed by atoms with Gasteiger partial charge in [-0.1, -0.05) is 0 Å². The number of hydrogen-bond donors (Lipinski definition) is 1. The van der Waals surface area contributed by atoms with Crippen molar-refractivity contribution < 1.29 is 24.2 Å². The van der Waals surface area contributed by atoms with E-state index < -0.39 is 11.8 Å². The Morgan fingerprint density at radius 2 is 1.64 bits per heavy atom. The zero-order valence-corrected chi connectivity index (χ0v) is 8.70. The van der Waals surface area contributed by atoms with Gasteiger partial charge in [0, 0.05) is 6.61 Å². The molecule has 0 bridgehead atoms. The maximum Gasteiger partial charge on any atom is 0.375 e. The van der Waals surface area contributed by atoms with Gasteiger partial charge in [0.25, 0.3) is 0 Å². The molecule has 0 aliphatic carbocycles. The first-order valence-electron chi connectivity index (χ1n) is 4.29. The largest absolute Gasteiger partial charge is 0.460 e. The van der Waals surface area contributed by atoms with Crippen LogP contribution in [0.5, 0.6) is 0 Å². The average molecular weight is 204 g/mol. The topological polar surface area (TPSA) is 80.7 Å². The van der Waals surface area contributed by atoms with E-state index in [1.54, 1.807) is 13.8 Å². The molecule has 0 aromatic carbocycles. The van der Waals surface area contributed by atoms with Crippen molar-refractivity contribution in [1.82, 2.24) is 0 Å². The van der Waals surface area contributed by atoms with E-state index in [1.807, 2.05) is 0 Å². The molecule has 0 aromatic heterocycles. The molecule has 0 unspecified atom stereocenters. The molecule has 14 heavy (non-hydrogen) atoms. The maximum atomic E-state index is 10.6. The summed E-state index contributed by atoms with van der Waals surface area (Å²) in [5, 5.41) is 7.57. The third kappa shape index (κ3) is 10.8. The third-order valence-electron chi connectivity index (χ3n) is 0.913. The second-order valence-electron chi connectivity index (χ2n) is 2.34. The van der Waals surface area contributed by atoms with Crippen LogP contribution in [0.15, 0.2) is 0 Å². The lowest BCUT2D eigenvalue weighted by Crippen LogP contribution is -2.19. The van der Waals surface area contributed by atoms with Crippen LogP contribution >= 0.6 is 0 Å². The molecule has 0 heterocycles. The number of carbonyl (C=O) groups excluding carboxylic acids is 3. The Balaban J connectivity index is 0. The first kappa shape index (κ1) is 15.3. The van der Waals surface area contributed by atoms with Gasteiger partial charge in [-0.05, 0) is 20.8 Å². The molecule has 5 heteroatoms. The van der Waals surface area contributed by atoms with Crippen LogP contribution in [0, 0.1) is 0 Å². The van der Waals surface area contributed by atoms with Crippen LogP contribution in [0.1, 0.15) is 27.2 Å². The number of aliphatic hydroxyl groups excluding tert-OH is 1. The van der Waals surface area contributed by atoms with Crippen LogP contribution in [0.2, 0.25) is 0 Å². The van der Waals surface area contributed by atoms with Gasteiger partial charge in [0.15, 0.2) is 0 Å². The second kappa shape index (κ2) is 9.85. The van der Waals surface area contributed by atoms with Crippen molar-refractivity contribution in [2.45, 2.75) is 27.2 Å². The number of Topliss-reactive ketones (excluding diaryl/α,β-unsaturated/α-hetero) is 2. The summed E-state index contributed by atoms with van der Waals surface area (Å²) in [5.41, 5.74) is 0. The Morgan fingerprint density at radius 3 is 1.93 bits per heavy atom. The van der Waals surface area contributed by atoms with Crippen molar-refractivity contribution >= 4 is 17.5 Å². The molecule has 0 spiro atoms. The molecular weight excluding hydrogens is 188 g/mol. The number of aliphatic hydroxyl groups is 1. The van der Waals surface area contributed by atoms with E-state index in [0.29, 0.717) is 0 Å². The number of ether oxygens (including phenoxy) is 1. The van der Waals surface area contributed by atoms with E-state index >= 15 is 0 Å². The van der Waals surface area contributed by atoms with Crippen LogP contribution in [-0.2, 0) is 19.1 Å². The lowest BCUT2D eigenvalue weighted by Gasteiger charge is -1.97. The zero-order valence-electron chi connectivity index (χ0n) is 8.70. The van der Waals surface area contributed by atoms with Crippen molar-refractivity contribution in [1.29, 1.82) is 0 Å². The highest BCUT2D eigenvalue weighted by molar-refractivity contribution is 6.36. The summed E-state index contributed by atoms with van der Waals surface area (Å²) in [4.78, 5) is 31.5. The summed E-state index contributed by atoms with van der Waals surface area (Å²) in [6.07, 6.45) is -0.362. The fourth-order valence-electron chi connectivity index (χ4n) is 0.510. The van der Waals surface area contributed by atoms with Crippen molar-refractivity contribution in [3.8, 4) is 0 Å². The Kier molecular flexibility index (Phi) is 10.7. The van der Waals surface area contributed by atoms with Crippen LogP contribution in [0.25, 0.3) is 0 Å². The molecule has 0 aliphatic rings. The van der Waals surface area contributed by atoms with Gasteiger partial charge in [-0.15, -0.1) is 0 Å². The van der Waals surface area contributed by atoms with Crippen molar-refractivity contribution in [3.63, 3.8) is 0 Å². The van der Waals surface area contributed by atoms with Crippen LogP contribution < -0.4 is 0 Å². The highest BCUT2D eigenvalue weighted by Crippen LogP contribution is 1.88. The molecule has 0 radical (unpaired) electrons. The summed E-state index contributed by atoms with van der Waals surface area (Å²) >= 11 is 0. The van der Waals surface area contributed by atoms with Gasteiger partial charge >= 0.3 is 5.97 Å². The molecule has 5 nitrogen and oxygen atoms in total. The molecule has 0 aliphatic heterocycles. The van der Waals surface area contributed by atoms with Crippen molar-refractivity contribution in [2.24, 2.45) is 0 Å². The maximum absolute atomic E-state index is 10.6. The number of carbonyl (C=O) groups is 3. The average Bonchev–Trinajstić information content (AvgIpc) is 2.04. The quantitative estimate of drug-likeness (QED) is 0.399. The van der Waals surface area contributed by atoms with E-state index in [9.17, 15) is 14.4 Å². The second-order valence-corrected chi connectivity index (χ2v) is 2.34. The minimum atomic E-state index is -0.928. The first-order valence-corrected chi connectivity index (χ1v) is 4.29. The number of esters is 1. The fourth-order valence-corrected chi connectivity index (χ4v) is 0.510. The standard InChI is InChI=1S/C7H10O4.C2H6O/c1-3-11-7(10)6(9)4-5(2)8;1-2-3/h3-4H2,1-2H3;3H,2H2,1H3. The SMILES string of the molecule is CCO.CCOC(=O)C(=O)CC(C)=O. The van der Waals surface area contributed by atoms with Crippen LogP contribution in [0.3, 0.4) is 0 Å². The molecule has 0 atom stereocenters. The Morgan fingerprint density at radius 1 is 1.21 bits per heavy atom. The molecule has 0 amide bonds. The van der Waals surface area contributed by atoms with Crippen molar-refractivity contribution in [2.75, 3.05) is 13.2 Å². The highest BCUT2D eigenvalue weighted by atomic mass is 16.5. The predicted molar refractivity (Wildman–Crippen MR) is 49.7 cm³/mol. The fraction of sp³-hybridized carbons (Fsp3) is 0.667. The summed E-state index contributed by atoms with van der Waals surface area (Å²) in [5.74, 6) is -2.04. The normalized spacial score (nSPS) is 8.29. The van der Waals surface area contributed by atoms with Gasteiger partial charge in [0.2, 0.25) is 5.78 Å². The summed E-state index contributed by atoms with van der Waals surface area (Å²) < 4.78 is 4.36. The van der Waals surface area contributed by atoms with Gasteiger partial charge in [0.1, 0.15) is 5.78 Å². The van der Waals surface area contributed by atoms with Gasteiger partial charge in [-0.2, -0.15) is 0 Å². The van der Waals surface area contributed by atoms with Crippen molar-refractivity contribution in [3.05, 3.63) is 0 Å². The molecule has 0 rings (SSSR count). The van der Waals surface area contributed by atoms with Gasteiger partial charge < -0.3 is 9.84 Å². The number of rotatable bonds is 4. The van der Waals surface area contributed by atoms with E-state index in [4.69, 9.17) is 5.11 Å². The molecule has 1 N–H and O–H groups in total. The molecule has 0 aromatic rings. The Labute approximate surface area is 83.1 Å². The minimum Gasteiger partial charge on any atom is -0.460 e. The molecule has 0 saturated heterocycles. The summed E-state index contributed by atoms with van der Waals surface area (Å²) in [7, 11) is 0. The van der Waals surface area contributed by atoms with Gasteiger partial charge in [0.05, 0.1) is 13.0 Å². The summed E-state index contributed by atoms with van der Waals surface area (Å²) in [6.45, 7) is 4.93. The Bertz CT molecular complexity index is 197. The van der Waals surface area contributed by atoms with E-state index in [0.717, 1.165) is 0 Å². The molecule has 82 valence electrons. The number of ketones is 2. The van der Waals surface area contributed by atoms with Gasteiger partial charge in [-0.3, -0.25) is 9.59 Å². The van der Waals surface area contributed by atoms with E-state index in [-0.39, 0.29) is 25.4 Å². The minimum absolute atomic E-state index is 0.155. The van der Waals surface area contributed by atoms with Crippen LogP contribution in [0.4, 0.5) is 0 Å². The Hall–Kier alpha value is -1.23. The lowest BCUT2D eigenvalue weighted by atomic mass is 10.2. The number of hydrogen-bond acceptors (Lipinski definition) is 5. The van der Waals surface area contributed by atoms with Crippen LogP contribution in [-0.4, -0.2) is 35.9 Å². The smallest absolute Gasteiger partial charge is 0.375 e. The molecular formula is C9H16O5. The summed E-state index contributed by atoms with van der Waals surface area (Å²) in [6, 6.07) is 0. The lowest BCUT2D eigenvalue weighted by molar-refractivity contribution is -0.154. The zero-order chi connectivity index (χ0) is 11.6. The van der Waals surface area contributed by atoms with Gasteiger partial charge in [-0.25, -0.2) is 4.79 Å². The van der Waals surface area contributed by atoms with E-state index in [2.05, 4.69) is 4.74 Å². The monoisotopic (exact) mass is 204 g/mol. The van der Waals surface area contributed by atoms with E-state index in [1.165, 1.54) is 6.92 Å². The third-order valence-corrected chi connectivity index (χ3v) is 0.913. The predicted octanol–water partition coefficient (Wildman–Crippen LogP) is 0.0963. The molecule has 0 saturated carbocycles.